The standard InChI is InChI=1S/C21H22N4S3/c1-4-17-10-15(11-26-17)19-23-24-21(25(19)5-2)28-13-16-12-27-20(22-16)18-9-7-6-8-14(18)3/h6-12H,4-5,13H2,1-3H3. The van der Waals surface area contributed by atoms with Crippen LogP contribution in [0.5, 0.6) is 0 Å². The van der Waals surface area contributed by atoms with Crippen LogP contribution in [0.1, 0.15) is 30.0 Å². The van der Waals surface area contributed by atoms with Crippen molar-refractivity contribution in [3.05, 3.63) is 57.2 Å². The number of hydrogen-bond acceptors (Lipinski definition) is 6. The minimum Gasteiger partial charge on any atom is -0.302 e. The zero-order chi connectivity index (χ0) is 19.5. The fourth-order valence-electron chi connectivity index (χ4n) is 3.03. The molecule has 0 bridgehead atoms. The second-order valence-electron chi connectivity index (χ2n) is 6.45. The molecular formula is C21H22N4S3. The summed E-state index contributed by atoms with van der Waals surface area (Å²) in [4.78, 5) is 6.21. The number of nitrogens with zero attached hydrogens (tertiary/aromatic N) is 4. The third-order valence-corrected chi connectivity index (χ3v) is 7.58. The fraction of sp³-hybridized carbons (Fsp3) is 0.286. The van der Waals surface area contributed by atoms with E-state index in [0.717, 1.165) is 40.4 Å². The average molecular weight is 427 g/mol. The van der Waals surface area contributed by atoms with Gasteiger partial charge in [0.1, 0.15) is 5.01 Å². The van der Waals surface area contributed by atoms with Gasteiger partial charge in [-0.15, -0.1) is 32.9 Å². The van der Waals surface area contributed by atoms with Gasteiger partial charge in [0.2, 0.25) is 0 Å². The maximum Gasteiger partial charge on any atom is 0.191 e. The Hall–Kier alpha value is -1.96. The number of rotatable bonds is 7. The molecule has 0 aliphatic carbocycles. The van der Waals surface area contributed by atoms with E-state index in [1.807, 2.05) is 0 Å². The summed E-state index contributed by atoms with van der Waals surface area (Å²) in [6, 6.07) is 10.6. The van der Waals surface area contributed by atoms with E-state index in [1.54, 1.807) is 34.4 Å². The van der Waals surface area contributed by atoms with Gasteiger partial charge in [-0.2, -0.15) is 0 Å². The maximum absolute atomic E-state index is 4.83. The number of thiazole rings is 1. The molecule has 0 N–H and O–H groups in total. The molecular weight excluding hydrogens is 404 g/mol. The third kappa shape index (κ3) is 3.92. The number of aryl methyl sites for hydroxylation is 2. The van der Waals surface area contributed by atoms with E-state index in [4.69, 9.17) is 4.98 Å². The van der Waals surface area contributed by atoms with Crippen molar-refractivity contribution in [1.82, 2.24) is 19.7 Å². The molecule has 0 unspecified atom stereocenters. The van der Waals surface area contributed by atoms with Crippen molar-refractivity contribution in [2.75, 3.05) is 0 Å². The van der Waals surface area contributed by atoms with E-state index in [1.165, 1.54) is 21.6 Å². The molecule has 0 aliphatic rings. The van der Waals surface area contributed by atoms with E-state index < -0.39 is 0 Å². The first-order valence-corrected chi connectivity index (χ1v) is 12.1. The van der Waals surface area contributed by atoms with E-state index in [-0.39, 0.29) is 0 Å². The van der Waals surface area contributed by atoms with E-state index in [9.17, 15) is 0 Å². The van der Waals surface area contributed by atoms with Crippen LogP contribution >= 0.6 is 34.4 Å². The van der Waals surface area contributed by atoms with Gasteiger partial charge in [0.15, 0.2) is 11.0 Å². The lowest BCUT2D eigenvalue weighted by atomic mass is 10.1. The molecule has 0 spiro atoms. The number of hydrogen-bond donors (Lipinski definition) is 0. The molecule has 0 amide bonds. The summed E-state index contributed by atoms with van der Waals surface area (Å²) in [6.45, 7) is 7.31. The fourth-order valence-corrected chi connectivity index (χ4v) is 5.75. The SMILES string of the molecule is CCc1cc(-c2nnc(SCc3csc(-c4ccccc4C)n3)n2CC)cs1. The summed E-state index contributed by atoms with van der Waals surface area (Å²) < 4.78 is 2.20. The van der Waals surface area contributed by atoms with Crippen molar-refractivity contribution >= 4 is 34.4 Å². The second kappa shape index (κ2) is 8.59. The van der Waals surface area contributed by atoms with Crippen LogP contribution in [0.25, 0.3) is 22.0 Å². The highest BCUT2D eigenvalue weighted by Crippen LogP contribution is 2.31. The Labute approximate surface area is 177 Å². The van der Waals surface area contributed by atoms with Gasteiger partial charge in [-0.25, -0.2) is 4.98 Å². The lowest BCUT2D eigenvalue weighted by Crippen LogP contribution is -1.99. The van der Waals surface area contributed by atoms with Crippen molar-refractivity contribution in [3.63, 3.8) is 0 Å². The normalized spacial score (nSPS) is 11.2. The quantitative estimate of drug-likeness (QED) is 0.325. The number of thioether (sulfide) groups is 1. The molecule has 3 heterocycles. The second-order valence-corrected chi connectivity index (χ2v) is 9.25. The molecule has 4 nitrogen and oxygen atoms in total. The Morgan fingerprint density at radius 3 is 2.68 bits per heavy atom. The predicted octanol–water partition coefficient (Wildman–Crippen LogP) is 6.31. The molecule has 28 heavy (non-hydrogen) atoms. The zero-order valence-electron chi connectivity index (χ0n) is 16.2. The van der Waals surface area contributed by atoms with Crippen molar-refractivity contribution < 1.29 is 0 Å². The largest absolute Gasteiger partial charge is 0.302 e. The molecule has 0 aliphatic heterocycles. The first-order chi connectivity index (χ1) is 13.7. The summed E-state index contributed by atoms with van der Waals surface area (Å²) >= 11 is 5.19. The van der Waals surface area contributed by atoms with Gasteiger partial charge in [0, 0.05) is 39.1 Å². The van der Waals surface area contributed by atoms with Gasteiger partial charge < -0.3 is 4.57 Å². The summed E-state index contributed by atoms with van der Waals surface area (Å²) in [5, 5.41) is 15.3. The smallest absolute Gasteiger partial charge is 0.191 e. The van der Waals surface area contributed by atoms with Crippen molar-refractivity contribution in [2.24, 2.45) is 0 Å². The van der Waals surface area contributed by atoms with Crippen LogP contribution in [0.3, 0.4) is 0 Å². The van der Waals surface area contributed by atoms with Gasteiger partial charge in [-0.1, -0.05) is 43.0 Å². The zero-order valence-corrected chi connectivity index (χ0v) is 18.6. The number of benzene rings is 1. The first kappa shape index (κ1) is 19.4. The molecule has 0 saturated heterocycles. The van der Waals surface area contributed by atoms with Crippen LogP contribution in [0.2, 0.25) is 0 Å². The molecule has 0 radical (unpaired) electrons. The van der Waals surface area contributed by atoms with Gasteiger partial charge in [0.05, 0.1) is 5.69 Å². The molecule has 0 fully saturated rings. The van der Waals surface area contributed by atoms with E-state index in [2.05, 4.69) is 76.6 Å². The Morgan fingerprint density at radius 2 is 1.93 bits per heavy atom. The molecule has 4 rings (SSSR count). The van der Waals surface area contributed by atoms with Gasteiger partial charge >= 0.3 is 0 Å². The van der Waals surface area contributed by atoms with E-state index in [0.29, 0.717) is 0 Å². The van der Waals surface area contributed by atoms with Crippen LogP contribution in [0.15, 0.2) is 46.2 Å². The molecule has 1 aromatic carbocycles. The number of thiophene rings is 1. The Bertz CT molecular complexity index is 1080. The predicted molar refractivity (Wildman–Crippen MR) is 120 cm³/mol. The van der Waals surface area contributed by atoms with Crippen molar-refractivity contribution in [3.8, 4) is 22.0 Å². The summed E-state index contributed by atoms with van der Waals surface area (Å²) in [5.41, 5.74) is 4.73. The Balaban J connectivity index is 1.51. The minimum absolute atomic E-state index is 0.796. The first-order valence-electron chi connectivity index (χ1n) is 9.33. The molecule has 0 saturated carbocycles. The summed E-state index contributed by atoms with van der Waals surface area (Å²) in [6.07, 6.45) is 1.06. The molecule has 144 valence electrons. The lowest BCUT2D eigenvalue weighted by molar-refractivity contribution is 0.687. The maximum atomic E-state index is 4.83. The Morgan fingerprint density at radius 1 is 1.07 bits per heavy atom. The number of aromatic nitrogens is 4. The molecule has 7 heteroatoms. The Kier molecular flexibility index (Phi) is 5.94. The summed E-state index contributed by atoms with van der Waals surface area (Å²) in [7, 11) is 0. The van der Waals surface area contributed by atoms with E-state index >= 15 is 0 Å². The van der Waals surface area contributed by atoms with Gasteiger partial charge in [0.25, 0.3) is 0 Å². The summed E-state index contributed by atoms with van der Waals surface area (Å²) in [5.74, 6) is 1.75. The molecule has 4 aromatic rings. The topological polar surface area (TPSA) is 43.6 Å². The van der Waals surface area contributed by atoms with Crippen LogP contribution in [0, 0.1) is 6.92 Å². The van der Waals surface area contributed by atoms with Crippen LogP contribution < -0.4 is 0 Å². The van der Waals surface area contributed by atoms with Crippen LogP contribution in [0.4, 0.5) is 0 Å². The lowest BCUT2D eigenvalue weighted by Gasteiger charge is -2.05. The highest BCUT2D eigenvalue weighted by molar-refractivity contribution is 7.98. The van der Waals surface area contributed by atoms with Gasteiger partial charge in [-0.3, -0.25) is 0 Å². The third-order valence-electron chi connectivity index (χ3n) is 4.57. The monoisotopic (exact) mass is 426 g/mol. The average Bonchev–Trinajstić information content (AvgIpc) is 3.45. The highest BCUT2D eigenvalue weighted by atomic mass is 32.2. The van der Waals surface area contributed by atoms with Crippen LogP contribution in [-0.4, -0.2) is 19.7 Å². The van der Waals surface area contributed by atoms with Crippen molar-refractivity contribution in [1.29, 1.82) is 0 Å². The molecule has 0 atom stereocenters. The van der Waals surface area contributed by atoms with Crippen LogP contribution in [-0.2, 0) is 18.7 Å². The highest BCUT2D eigenvalue weighted by Gasteiger charge is 2.15. The minimum atomic E-state index is 0.796. The van der Waals surface area contributed by atoms with Gasteiger partial charge in [-0.05, 0) is 31.9 Å². The van der Waals surface area contributed by atoms with Crippen molar-refractivity contribution in [2.45, 2.75) is 44.6 Å². The molecule has 3 aromatic heterocycles.